The van der Waals surface area contributed by atoms with Crippen molar-refractivity contribution in [3.05, 3.63) is 58.7 Å². The standard InChI is InChI=1S/C21H25.2ClH.Zr/c1-20(2,3)16-7-9-18-14(12-16)11-15-13-17(21(4,5)6)8-10-19(15)18;;;/h7-10,12H,11H2,1-6H3;2*1H;/q-1;;;. The predicted molar refractivity (Wildman–Crippen MR) is 105 cm³/mol. The molecule has 2 aromatic carbocycles. The van der Waals surface area contributed by atoms with Crippen LogP contribution in [-0.4, -0.2) is 0 Å². The van der Waals surface area contributed by atoms with E-state index in [1.165, 1.54) is 33.4 Å². The van der Waals surface area contributed by atoms with E-state index in [4.69, 9.17) is 0 Å². The fourth-order valence-electron chi connectivity index (χ4n) is 3.03. The molecule has 0 spiro atoms. The van der Waals surface area contributed by atoms with Crippen LogP contribution in [0.2, 0.25) is 0 Å². The number of benzene rings is 2. The summed E-state index contributed by atoms with van der Waals surface area (Å²) >= 11 is 0. The van der Waals surface area contributed by atoms with Gasteiger partial charge in [-0.15, -0.1) is 35.9 Å². The molecule has 0 atom stereocenters. The summed E-state index contributed by atoms with van der Waals surface area (Å²) in [6, 6.07) is 15.2. The van der Waals surface area contributed by atoms with Gasteiger partial charge in [-0.2, -0.15) is 23.8 Å². The van der Waals surface area contributed by atoms with Crippen molar-refractivity contribution in [3.63, 3.8) is 0 Å². The average molecular weight is 442 g/mol. The van der Waals surface area contributed by atoms with Gasteiger partial charge in [-0.1, -0.05) is 65.3 Å². The van der Waals surface area contributed by atoms with E-state index in [9.17, 15) is 0 Å². The minimum atomic E-state index is 0. The van der Waals surface area contributed by atoms with Crippen molar-refractivity contribution >= 4 is 24.8 Å². The Bertz CT molecular complexity index is 645. The summed E-state index contributed by atoms with van der Waals surface area (Å²) in [4.78, 5) is 0. The summed E-state index contributed by atoms with van der Waals surface area (Å²) < 4.78 is 0. The smallest absolute Gasteiger partial charge is 0 e. The van der Waals surface area contributed by atoms with Gasteiger partial charge >= 0.3 is 0 Å². The van der Waals surface area contributed by atoms with Crippen LogP contribution in [0.25, 0.3) is 11.1 Å². The van der Waals surface area contributed by atoms with Crippen LogP contribution in [0.5, 0.6) is 0 Å². The number of fused-ring (bicyclic) bond motifs is 3. The Morgan fingerprint density at radius 1 is 0.792 bits per heavy atom. The van der Waals surface area contributed by atoms with Crippen LogP contribution in [0.4, 0.5) is 0 Å². The molecule has 24 heavy (non-hydrogen) atoms. The first kappa shape index (κ1) is 23.9. The van der Waals surface area contributed by atoms with Gasteiger partial charge in [-0.3, -0.25) is 0 Å². The van der Waals surface area contributed by atoms with E-state index in [-0.39, 0.29) is 61.8 Å². The molecule has 0 unspecified atom stereocenters. The van der Waals surface area contributed by atoms with E-state index in [2.05, 4.69) is 77.9 Å². The molecule has 2 aromatic rings. The normalized spacial score (nSPS) is 12.2. The van der Waals surface area contributed by atoms with Crippen molar-refractivity contribution in [2.24, 2.45) is 0 Å². The van der Waals surface area contributed by atoms with Gasteiger partial charge in [0.25, 0.3) is 0 Å². The monoisotopic (exact) mass is 439 g/mol. The van der Waals surface area contributed by atoms with E-state index < -0.39 is 0 Å². The first-order chi connectivity index (χ1) is 9.66. The summed E-state index contributed by atoms with van der Waals surface area (Å²) in [5.41, 5.74) is 8.70. The van der Waals surface area contributed by atoms with E-state index in [1.807, 2.05) is 0 Å². The number of hydrogen-bond donors (Lipinski definition) is 0. The Balaban J connectivity index is 0.00000176. The molecule has 1 aliphatic rings. The van der Waals surface area contributed by atoms with Gasteiger partial charge < -0.3 is 0 Å². The molecule has 3 heteroatoms. The van der Waals surface area contributed by atoms with Crippen LogP contribution in [0.15, 0.2) is 30.3 Å². The van der Waals surface area contributed by atoms with Gasteiger partial charge in [0.15, 0.2) is 0 Å². The van der Waals surface area contributed by atoms with Crippen LogP contribution in [0.1, 0.15) is 63.8 Å². The van der Waals surface area contributed by atoms with E-state index in [0.29, 0.717) is 0 Å². The molecule has 0 bridgehead atoms. The van der Waals surface area contributed by atoms with Crippen LogP contribution in [0, 0.1) is 6.07 Å². The summed E-state index contributed by atoms with van der Waals surface area (Å²) in [6.45, 7) is 13.6. The molecule has 0 heterocycles. The predicted octanol–water partition coefficient (Wildman–Crippen LogP) is 6.49. The van der Waals surface area contributed by atoms with Crippen LogP contribution in [0.3, 0.4) is 0 Å². The van der Waals surface area contributed by atoms with Crippen molar-refractivity contribution in [2.45, 2.75) is 58.8 Å². The maximum absolute atomic E-state index is 3.67. The molecule has 0 nitrogen and oxygen atoms in total. The summed E-state index contributed by atoms with van der Waals surface area (Å²) in [5.74, 6) is 0. The maximum atomic E-state index is 3.67. The van der Waals surface area contributed by atoms with Gasteiger partial charge in [-0.25, -0.2) is 0 Å². The largest absolute Gasteiger partial charge is 0.175 e. The molecule has 0 amide bonds. The number of rotatable bonds is 0. The SMILES string of the molecule is CC(C)(C)c1[c-]c2c(cc1)-c1ccc(C(C)(C)C)cc1C2.Cl.Cl.[Zr]. The molecule has 0 saturated heterocycles. The van der Waals surface area contributed by atoms with Gasteiger partial charge in [0.05, 0.1) is 0 Å². The van der Waals surface area contributed by atoms with Gasteiger partial charge in [-0.05, 0) is 28.4 Å². The van der Waals surface area contributed by atoms with Crippen molar-refractivity contribution in [2.75, 3.05) is 0 Å². The summed E-state index contributed by atoms with van der Waals surface area (Å²) in [6.07, 6.45) is 1.03. The molecule has 3 rings (SSSR count). The van der Waals surface area contributed by atoms with Crippen LogP contribution in [-0.2, 0) is 43.5 Å². The third-order valence-electron chi connectivity index (χ3n) is 4.46. The maximum Gasteiger partial charge on any atom is 0 e. The minimum Gasteiger partial charge on any atom is -0.175 e. The van der Waals surface area contributed by atoms with Gasteiger partial charge in [0.2, 0.25) is 0 Å². The van der Waals surface area contributed by atoms with Gasteiger partial charge in [0.1, 0.15) is 0 Å². The first-order valence-corrected chi connectivity index (χ1v) is 7.86. The molecule has 0 fully saturated rings. The van der Waals surface area contributed by atoms with E-state index in [0.717, 1.165) is 6.42 Å². The topological polar surface area (TPSA) is 0 Å². The van der Waals surface area contributed by atoms with Crippen molar-refractivity contribution in [1.82, 2.24) is 0 Å². The quantitative estimate of drug-likeness (QED) is 0.350. The average Bonchev–Trinajstić information content (AvgIpc) is 2.73. The van der Waals surface area contributed by atoms with Crippen molar-refractivity contribution in [3.8, 4) is 11.1 Å². The third kappa shape index (κ3) is 4.54. The Labute approximate surface area is 178 Å². The molecule has 1 aliphatic carbocycles. The Hall–Kier alpha value is -0.0969. The molecule has 0 aromatic heterocycles. The second-order valence-electron chi connectivity index (χ2n) is 8.31. The summed E-state index contributed by atoms with van der Waals surface area (Å²) in [5, 5.41) is 0. The van der Waals surface area contributed by atoms with E-state index in [1.54, 1.807) is 0 Å². The van der Waals surface area contributed by atoms with Crippen LogP contribution < -0.4 is 0 Å². The minimum absolute atomic E-state index is 0. The van der Waals surface area contributed by atoms with E-state index >= 15 is 0 Å². The molecule has 0 saturated carbocycles. The zero-order valence-electron chi connectivity index (χ0n) is 15.4. The second kappa shape index (κ2) is 8.07. The molecule has 0 aliphatic heterocycles. The van der Waals surface area contributed by atoms with Crippen molar-refractivity contribution < 1.29 is 26.2 Å². The Morgan fingerprint density at radius 3 is 1.92 bits per heavy atom. The van der Waals surface area contributed by atoms with Crippen molar-refractivity contribution in [1.29, 1.82) is 0 Å². The molecule has 0 N–H and O–H groups in total. The Kier molecular flexibility index (Phi) is 8.04. The first-order valence-electron chi connectivity index (χ1n) is 7.86. The number of hydrogen-bond acceptors (Lipinski definition) is 0. The molecular weight excluding hydrogens is 414 g/mol. The molecular formula is C21H27Cl2Zr-. The summed E-state index contributed by atoms with van der Waals surface area (Å²) in [7, 11) is 0. The fraction of sp³-hybridized carbons (Fsp3) is 0.429. The second-order valence-corrected chi connectivity index (χ2v) is 8.31. The third-order valence-corrected chi connectivity index (χ3v) is 4.46. The zero-order chi connectivity index (χ0) is 15.4. The van der Waals surface area contributed by atoms with Crippen LogP contribution >= 0.6 is 24.8 Å². The fourth-order valence-corrected chi connectivity index (χ4v) is 3.03. The number of halogens is 2. The Morgan fingerprint density at radius 2 is 1.38 bits per heavy atom. The molecule has 0 radical (unpaired) electrons. The zero-order valence-corrected chi connectivity index (χ0v) is 19.5. The molecule has 130 valence electrons. The van der Waals surface area contributed by atoms with Gasteiger partial charge in [0, 0.05) is 26.2 Å².